The molecule has 0 radical (unpaired) electrons. The van der Waals surface area contributed by atoms with Gasteiger partial charge in [0.15, 0.2) is 0 Å². The van der Waals surface area contributed by atoms with Crippen molar-refractivity contribution in [2.75, 3.05) is 19.7 Å². The molecule has 1 aliphatic rings. The standard InChI is InChI=1S/C28H25FN2O4S/c29-21-8-4-9-22(16-21)35-19-25-24-12-15-36-26(24)11-13-31(25)27(32)18-30(17-23-10-5-14-34-23)28(33)20-6-2-1-3-7-20/h1-10,12,14-16,25H,11,13,17-19H2/t25-/m0/s1. The lowest BCUT2D eigenvalue weighted by atomic mass is 10.0. The summed E-state index contributed by atoms with van der Waals surface area (Å²) in [6, 6.07) is 20.1. The van der Waals surface area contributed by atoms with Crippen LogP contribution in [0.2, 0.25) is 0 Å². The third-order valence-corrected chi connectivity index (χ3v) is 7.18. The Morgan fingerprint density at radius 3 is 2.72 bits per heavy atom. The van der Waals surface area contributed by atoms with Gasteiger partial charge in [0.25, 0.3) is 5.91 Å². The number of benzene rings is 2. The maximum atomic E-state index is 13.7. The second kappa shape index (κ2) is 10.8. The third-order valence-electron chi connectivity index (χ3n) is 6.18. The van der Waals surface area contributed by atoms with Gasteiger partial charge in [-0.15, -0.1) is 11.3 Å². The van der Waals surface area contributed by atoms with E-state index in [4.69, 9.17) is 9.15 Å². The van der Waals surface area contributed by atoms with Crippen LogP contribution in [0.5, 0.6) is 5.75 Å². The molecule has 2 aromatic heterocycles. The predicted octanol–water partition coefficient (Wildman–Crippen LogP) is 5.33. The van der Waals surface area contributed by atoms with Gasteiger partial charge >= 0.3 is 0 Å². The van der Waals surface area contributed by atoms with Crippen molar-refractivity contribution in [2.24, 2.45) is 0 Å². The number of thiophene rings is 1. The van der Waals surface area contributed by atoms with E-state index in [1.54, 1.807) is 71.0 Å². The summed E-state index contributed by atoms with van der Waals surface area (Å²) in [5, 5.41) is 2.01. The number of carbonyl (C=O) groups is 2. The van der Waals surface area contributed by atoms with Crippen LogP contribution in [0.15, 0.2) is 88.9 Å². The van der Waals surface area contributed by atoms with E-state index in [2.05, 4.69) is 0 Å². The summed E-state index contributed by atoms with van der Waals surface area (Å²) >= 11 is 1.66. The number of amides is 2. The van der Waals surface area contributed by atoms with Crippen molar-refractivity contribution in [3.8, 4) is 5.75 Å². The zero-order valence-electron chi connectivity index (χ0n) is 19.5. The first-order valence-corrected chi connectivity index (χ1v) is 12.6. The minimum Gasteiger partial charge on any atom is -0.491 e. The van der Waals surface area contributed by atoms with Gasteiger partial charge in [-0.1, -0.05) is 24.3 Å². The van der Waals surface area contributed by atoms with Crippen molar-refractivity contribution >= 4 is 23.2 Å². The topological polar surface area (TPSA) is 63.0 Å². The maximum absolute atomic E-state index is 13.7. The SMILES string of the molecule is O=C(c1ccccc1)N(CC(=O)N1CCc2sccc2[C@@H]1COc1cccc(F)c1)Cc1ccco1. The highest BCUT2D eigenvalue weighted by Crippen LogP contribution is 2.34. The molecular weight excluding hydrogens is 479 g/mol. The van der Waals surface area contributed by atoms with Crippen molar-refractivity contribution < 1.29 is 23.1 Å². The lowest BCUT2D eigenvalue weighted by molar-refractivity contribution is -0.135. The molecule has 0 unspecified atom stereocenters. The number of rotatable bonds is 8. The minimum atomic E-state index is -0.381. The van der Waals surface area contributed by atoms with E-state index in [-0.39, 0.29) is 43.4 Å². The van der Waals surface area contributed by atoms with Crippen LogP contribution >= 0.6 is 11.3 Å². The van der Waals surface area contributed by atoms with Gasteiger partial charge in [-0.25, -0.2) is 4.39 Å². The number of ether oxygens (including phenoxy) is 1. The number of nitrogens with zero attached hydrogens (tertiary/aromatic N) is 2. The number of halogens is 1. The van der Waals surface area contributed by atoms with E-state index in [1.165, 1.54) is 21.9 Å². The Hall–Kier alpha value is -3.91. The van der Waals surface area contributed by atoms with Crippen LogP contribution in [-0.2, 0) is 17.8 Å². The fourth-order valence-electron chi connectivity index (χ4n) is 4.41. The van der Waals surface area contributed by atoms with Crippen LogP contribution < -0.4 is 4.74 Å². The third kappa shape index (κ3) is 5.33. The summed E-state index contributed by atoms with van der Waals surface area (Å²) < 4.78 is 25.0. The second-order valence-electron chi connectivity index (χ2n) is 8.53. The monoisotopic (exact) mass is 504 g/mol. The Kier molecular flexibility index (Phi) is 7.13. The summed E-state index contributed by atoms with van der Waals surface area (Å²) in [6.07, 6.45) is 2.28. The number of fused-ring (bicyclic) bond motifs is 1. The van der Waals surface area contributed by atoms with Gasteiger partial charge in [0.05, 0.1) is 18.8 Å². The van der Waals surface area contributed by atoms with Crippen LogP contribution in [-0.4, -0.2) is 41.3 Å². The van der Waals surface area contributed by atoms with E-state index < -0.39 is 0 Å². The first kappa shape index (κ1) is 23.8. The van der Waals surface area contributed by atoms with E-state index in [0.717, 1.165) is 12.0 Å². The Bertz CT molecular complexity index is 1320. The van der Waals surface area contributed by atoms with E-state index in [1.807, 2.05) is 17.5 Å². The Balaban J connectivity index is 1.37. The van der Waals surface area contributed by atoms with Gasteiger partial charge in [-0.3, -0.25) is 9.59 Å². The first-order valence-electron chi connectivity index (χ1n) is 11.7. The molecule has 0 aliphatic carbocycles. The summed E-state index contributed by atoms with van der Waals surface area (Å²) in [4.78, 5) is 31.5. The molecule has 0 N–H and O–H groups in total. The molecule has 0 saturated carbocycles. The van der Waals surface area contributed by atoms with Gasteiger partial charge in [-0.05, 0) is 59.8 Å². The smallest absolute Gasteiger partial charge is 0.254 e. The molecule has 4 aromatic rings. The fraction of sp³-hybridized carbons (Fsp3) is 0.214. The molecular formula is C28H25FN2O4S. The van der Waals surface area contributed by atoms with E-state index in [9.17, 15) is 14.0 Å². The molecule has 8 heteroatoms. The van der Waals surface area contributed by atoms with E-state index in [0.29, 0.717) is 23.6 Å². The lowest BCUT2D eigenvalue weighted by Gasteiger charge is -2.37. The Morgan fingerprint density at radius 1 is 1.08 bits per heavy atom. The fourth-order valence-corrected chi connectivity index (χ4v) is 5.34. The van der Waals surface area contributed by atoms with Crippen molar-refractivity contribution in [2.45, 2.75) is 19.0 Å². The molecule has 2 aromatic carbocycles. The normalized spacial score (nSPS) is 14.8. The highest BCUT2D eigenvalue weighted by molar-refractivity contribution is 7.10. The molecule has 0 spiro atoms. The van der Waals surface area contributed by atoms with Gasteiger partial charge in [0, 0.05) is 23.1 Å². The van der Waals surface area contributed by atoms with Crippen LogP contribution in [0.1, 0.15) is 32.6 Å². The summed E-state index contributed by atoms with van der Waals surface area (Å²) in [6.45, 7) is 0.764. The quantitative estimate of drug-likeness (QED) is 0.326. The molecule has 0 bridgehead atoms. The molecule has 1 aliphatic heterocycles. The van der Waals surface area contributed by atoms with Gasteiger partial charge < -0.3 is 19.0 Å². The lowest BCUT2D eigenvalue weighted by Crippen LogP contribution is -2.47. The van der Waals surface area contributed by atoms with Crippen LogP contribution in [0.4, 0.5) is 4.39 Å². The Morgan fingerprint density at radius 2 is 1.94 bits per heavy atom. The van der Waals surface area contributed by atoms with Crippen molar-refractivity contribution in [1.82, 2.24) is 9.80 Å². The zero-order valence-corrected chi connectivity index (χ0v) is 20.3. The molecule has 0 saturated heterocycles. The Labute approximate surface area is 212 Å². The number of hydrogen-bond donors (Lipinski definition) is 0. The number of carbonyl (C=O) groups excluding carboxylic acids is 2. The van der Waals surface area contributed by atoms with Crippen LogP contribution in [0.3, 0.4) is 0 Å². The first-order chi connectivity index (χ1) is 17.6. The van der Waals surface area contributed by atoms with Gasteiger partial charge in [0.1, 0.15) is 30.5 Å². The summed E-state index contributed by atoms with van der Waals surface area (Å²) in [5.41, 5.74) is 1.53. The summed E-state index contributed by atoms with van der Waals surface area (Å²) in [7, 11) is 0. The van der Waals surface area contributed by atoms with E-state index >= 15 is 0 Å². The molecule has 0 fully saturated rings. The summed E-state index contributed by atoms with van der Waals surface area (Å²) in [5.74, 6) is 0.185. The zero-order chi connectivity index (χ0) is 24.9. The highest BCUT2D eigenvalue weighted by atomic mass is 32.1. The average molecular weight is 505 g/mol. The predicted molar refractivity (Wildman–Crippen MR) is 134 cm³/mol. The average Bonchev–Trinajstić information content (AvgIpc) is 3.59. The molecule has 3 heterocycles. The largest absolute Gasteiger partial charge is 0.491 e. The minimum absolute atomic E-state index is 0.107. The second-order valence-corrected chi connectivity index (χ2v) is 9.53. The number of furan rings is 1. The molecule has 2 amide bonds. The number of hydrogen-bond acceptors (Lipinski definition) is 5. The maximum Gasteiger partial charge on any atom is 0.254 e. The highest BCUT2D eigenvalue weighted by Gasteiger charge is 2.34. The van der Waals surface area contributed by atoms with Gasteiger partial charge in [0.2, 0.25) is 5.91 Å². The van der Waals surface area contributed by atoms with Crippen molar-refractivity contribution in [3.05, 3.63) is 112 Å². The van der Waals surface area contributed by atoms with Crippen molar-refractivity contribution in [1.29, 1.82) is 0 Å². The molecule has 184 valence electrons. The molecule has 6 nitrogen and oxygen atoms in total. The molecule has 36 heavy (non-hydrogen) atoms. The van der Waals surface area contributed by atoms with Crippen molar-refractivity contribution in [3.63, 3.8) is 0 Å². The molecule has 5 rings (SSSR count). The van der Waals surface area contributed by atoms with Crippen LogP contribution in [0.25, 0.3) is 0 Å². The molecule has 1 atom stereocenters. The van der Waals surface area contributed by atoms with Crippen LogP contribution in [0, 0.1) is 5.82 Å². The van der Waals surface area contributed by atoms with Gasteiger partial charge in [-0.2, -0.15) is 0 Å².